The fourth-order valence-electron chi connectivity index (χ4n) is 1.28. The summed E-state index contributed by atoms with van der Waals surface area (Å²) >= 11 is 3.13. The molecule has 0 bridgehead atoms. The van der Waals surface area contributed by atoms with Gasteiger partial charge in [0.1, 0.15) is 5.82 Å². The molecule has 2 N–H and O–H groups in total. The van der Waals surface area contributed by atoms with Crippen molar-refractivity contribution in [2.24, 2.45) is 0 Å². The summed E-state index contributed by atoms with van der Waals surface area (Å²) in [4.78, 5) is 11.0. The summed E-state index contributed by atoms with van der Waals surface area (Å²) in [5.41, 5.74) is 0.330. The molecule has 5 heteroatoms. The van der Waals surface area contributed by atoms with Crippen LogP contribution in [0.1, 0.15) is 11.7 Å². The van der Waals surface area contributed by atoms with Gasteiger partial charge in [-0.3, -0.25) is 4.79 Å². The molecule has 0 aliphatic carbocycles. The first-order valence-corrected chi connectivity index (χ1v) is 4.37. The molecule has 0 saturated carbocycles. The predicted octanol–water partition coefficient (Wildman–Crippen LogP) is 1.57. The second-order valence-corrected chi connectivity index (χ2v) is 3.56. The predicted molar refractivity (Wildman–Crippen MR) is 47.7 cm³/mol. The third kappa shape index (κ3) is 1.15. The smallest absolute Gasteiger partial charge is 0.258 e. The molecule has 2 rings (SSSR count). The number of benzene rings is 1. The SMILES string of the molecule is O=C1Nc2c(F)ccc(Br)c2C1O. The van der Waals surface area contributed by atoms with Crippen LogP contribution in [-0.4, -0.2) is 11.0 Å². The van der Waals surface area contributed by atoms with Gasteiger partial charge in [-0.1, -0.05) is 15.9 Å². The van der Waals surface area contributed by atoms with Crippen LogP contribution >= 0.6 is 15.9 Å². The molecular weight excluding hydrogens is 241 g/mol. The highest BCUT2D eigenvalue weighted by atomic mass is 79.9. The second kappa shape index (κ2) is 2.78. The molecule has 1 amide bonds. The number of hydrogen-bond donors (Lipinski definition) is 2. The number of amides is 1. The zero-order valence-corrected chi connectivity index (χ0v) is 7.93. The van der Waals surface area contributed by atoms with Crippen molar-refractivity contribution >= 4 is 27.5 Å². The Morgan fingerprint density at radius 2 is 2.23 bits per heavy atom. The highest BCUT2D eigenvalue weighted by molar-refractivity contribution is 9.10. The molecule has 1 heterocycles. The van der Waals surface area contributed by atoms with Crippen molar-refractivity contribution in [3.63, 3.8) is 0 Å². The van der Waals surface area contributed by atoms with Crippen molar-refractivity contribution in [3.8, 4) is 0 Å². The molecule has 3 nitrogen and oxygen atoms in total. The Balaban J connectivity index is 2.68. The Kier molecular flexibility index (Phi) is 1.85. The largest absolute Gasteiger partial charge is 0.378 e. The van der Waals surface area contributed by atoms with Crippen molar-refractivity contribution in [2.45, 2.75) is 6.10 Å². The fraction of sp³-hybridized carbons (Fsp3) is 0.125. The number of carbonyl (C=O) groups excluding carboxylic acids is 1. The summed E-state index contributed by atoms with van der Waals surface area (Å²) in [5, 5.41) is 11.6. The summed E-state index contributed by atoms with van der Waals surface area (Å²) in [6.07, 6.45) is -1.28. The molecule has 13 heavy (non-hydrogen) atoms. The number of halogens is 2. The van der Waals surface area contributed by atoms with Crippen LogP contribution in [0.2, 0.25) is 0 Å². The number of aliphatic hydroxyl groups excluding tert-OH is 1. The monoisotopic (exact) mass is 245 g/mol. The van der Waals surface area contributed by atoms with Crippen LogP contribution in [0.25, 0.3) is 0 Å². The normalized spacial score (nSPS) is 19.9. The zero-order chi connectivity index (χ0) is 9.59. The van der Waals surface area contributed by atoms with Crippen LogP contribution in [0.3, 0.4) is 0 Å². The number of nitrogens with one attached hydrogen (secondary N) is 1. The Morgan fingerprint density at radius 3 is 2.85 bits per heavy atom. The molecule has 1 aliphatic heterocycles. The lowest BCUT2D eigenvalue weighted by Crippen LogP contribution is -2.10. The quantitative estimate of drug-likeness (QED) is 0.730. The molecule has 1 aliphatic rings. The van der Waals surface area contributed by atoms with Gasteiger partial charge in [-0.2, -0.15) is 0 Å². The number of rotatable bonds is 0. The molecule has 0 saturated heterocycles. The molecule has 0 spiro atoms. The lowest BCUT2D eigenvalue weighted by Gasteiger charge is -2.03. The van der Waals surface area contributed by atoms with E-state index in [-0.39, 0.29) is 11.3 Å². The molecule has 0 fully saturated rings. The molecular formula is C8H5BrFNO2. The van der Waals surface area contributed by atoms with Gasteiger partial charge in [0, 0.05) is 10.0 Å². The van der Waals surface area contributed by atoms with E-state index in [1.54, 1.807) is 0 Å². The van der Waals surface area contributed by atoms with Gasteiger partial charge < -0.3 is 10.4 Å². The van der Waals surface area contributed by atoms with Gasteiger partial charge in [0.25, 0.3) is 5.91 Å². The van der Waals surface area contributed by atoms with Crippen molar-refractivity contribution in [1.82, 2.24) is 0 Å². The topological polar surface area (TPSA) is 49.3 Å². The van der Waals surface area contributed by atoms with Gasteiger partial charge in [-0.15, -0.1) is 0 Å². The minimum Gasteiger partial charge on any atom is -0.378 e. The van der Waals surface area contributed by atoms with E-state index in [1.807, 2.05) is 0 Å². The van der Waals surface area contributed by atoms with Gasteiger partial charge in [0.15, 0.2) is 6.10 Å². The number of fused-ring (bicyclic) bond motifs is 1. The average molecular weight is 246 g/mol. The molecule has 1 atom stereocenters. The molecule has 0 radical (unpaired) electrons. The van der Waals surface area contributed by atoms with Crippen LogP contribution in [0.15, 0.2) is 16.6 Å². The molecule has 1 unspecified atom stereocenters. The van der Waals surface area contributed by atoms with Crippen LogP contribution in [-0.2, 0) is 4.79 Å². The summed E-state index contributed by atoms with van der Waals surface area (Å²) < 4.78 is 13.6. The Hall–Kier alpha value is -0.940. The maximum absolute atomic E-state index is 13.1. The summed E-state index contributed by atoms with van der Waals surface area (Å²) in [6, 6.07) is 2.68. The van der Waals surface area contributed by atoms with Crippen LogP contribution in [0.4, 0.5) is 10.1 Å². The summed E-state index contributed by atoms with van der Waals surface area (Å²) in [6.45, 7) is 0. The standard InChI is InChI=1S/C8H5BrFNO2/c9-3-1-2-4(10)6-5(3)7(12)8(13)11-6/h1-2,7,12H,(H,11,13). The van der Waals surface area contributed by atoms with E-state index < -0.39 is 17.8 Å². The number of hydrogen-bond acceptors (Lipinski definition) is 2. The van der Waals surface area contributed by atoms with Crippen LogP contribution < -0.4 is 5.32 Å². The molecule has 1 aromatic rings. The van der Waals surface area contributed by atoms with Gasteiger partial charge in [-0.25, -0.2) is 4.39 Å². The zero-order valence-electron chi connectivity index (χ0n) is 6.34. The molecule has 0 aromatic heterocycles. The van der Waals surface area contributed by atoms with Gasteiger partial charge in [0.05, 0.1) is 5.69 Å². The Bertz CT molecular complexity index is 394. The maximum Gasteiger partial charge on any atom is 0.258 e. The first-order chi connectivity index (χ1) is 6.11. The van der Waals surface area contributed by atoms with Crippen LogP contribution in [0, 0.1) is 5.82 Å². The van der Waals surface area contributed by atoms with E-state index in [0.29, 0.717) is 4.47 Å². The number of aliphatic hydroxyl groups is 1. The van der Waals surface area contributed by atoms with Crippen LogP contribution in [0.5, 0.6) is 0 Å². The van der Waals surface area contributed by atoms with Crippen molar-refractivity contribution < 1.29 is 14.3 Å². The third-order valence-corrected chi connectivity index (χ3v) is 2.60. The minimum absolute atomic E-state index is 0.0619. The van der Waals surface area contributed by atoms with E-state index in [1.165, 1.54) is 12.1 Å². The fourth-order valence-corrected chi connectivity index (χ4v) is 1.83. The van der Waals surface area contributed by atoms with E-state index >= 15 is 0 Å². The summed E-state index contributed by atoms with van der Waals surface area (Å²) in [7, 11) is 0. The molecule has 68 valence electrons. The van der Waals surface area contributed by atoms with Gasteiger partial charge in [-0.05, 0) is 12.1 Å². The van der Waals surface area contributed by atoms with E-state index in [9.17, 15) is 14.3 Å². The lowest BCUT2D eigenvalue weighted by molar-refractivity contribution is -0.123. The highest BCUT2D eigenvalue weighted by Gasteiger charge is 2.32. The number of carbonyl (C=O) groups is 1. The first kappa shape index (κ1) is 8.65. The lowest BCUT2D eigenvalue weighted by atomic mass is 10.1. The van der Waals surface area contributed by atoms with E-state index in [2.05, 4.69) is 21.2 Å². The minimum atomic E-state index is -1.28. The average Bonchev–Trinajstić information content (AvgIpc) is 2.38. The molecule has 1 aromatic carbocycles. The van der Waals surface area contributed by atoms with Gasteiger partial charge in [0.2, 0.25) is 0 Å². The second-order valence-electron chi connectivity index (χ2n) is 2.71. The third-order valence-electron chi connectivity index (χ3n) is 1.91. The van der Waals surface area contributed by atoms with Crippen molar-refractivity contribution in [2.75, 3.05) is 5.32 Å². The van der Waals surface area contributed by atoms with Gasteiger partial charge >= 0.3 is 0 Å². The Labute approximate surface area is 81.7 Å². The maximum atomic E-state index is 13.1. The number of anilines is 1. The Morgan fingerprint density at radius 1 is 1.54 bits per heavy atom. The van der Waals surface area contributed by atoms with Crippen molar-refractivity contribution in [1.29, 1.82) is 0 Å². The summed E-state index contributed by atoms with van der Waals surface area (Å²) in [5.74, 6) is -1.14. The van der Waals surface area contributed by atoms with E-state index in [4.69, 9.17) is 0 Å². The first-order valence-electron chi connectivity index (χ1n) is 3.58. The van der Waals surface area contributed by atoms with Crippen molar-refractivity contribution in [3.05, 3.63) is 28.0 Å². The highest BCUT2D eigenvalue weighted by Crippen LogP contribution is 2.37. The van der Waals surface area contributed by atoms with E-state index in [0.717, 1.165) is 0 Å².